The normalized spacial score (nSPS) is 10.5. The molecule has 0 saturated heterocycles. The lowest BCUT2D eigenvalue weighted by molar-refractivity contribution is 0.190. The molecule has 4 heteroatoms. The van der Waals surface area contributed by atoms with Crippen LogP contribution in [0.3, 0.4) is 0 Å². The first kappa shape index (κ1) is 14.3. The maximum atomic E-state index is 11.7. The number of likely N-dealkylation sites (N-methyl/N-ethyl adjacent to an activating group) is 1. The predicted molar refractivity (Wildman–Crippen MR) is 80.8 cm³/mol. The van der Waals surface area contributed by atoms with Gasteiger partial charge in [-0.15, -0.1) is 0 Å². The minimum Gasteiger partial charge on any atom is -0.395 e. The zero-order valence-electron chi connectivity index (χ0n) is 11.7. The summed E-state index contributed by atoms with van der Waals surface area (Å²) in [6, 6.07) is 14.3. The molecule has 2 rings (SSSR count). The Hall–Kier alpha value is -2.07. The van der Waals surface area contributed by atoms with Crippen molar-refractivity contribution in [2.45, 2.75) is 6.42 Å². The van der Waals surface area contributed by atoms with Crippen molar-refractivity contribution in [3.63, 3.8) is 0 Å². The molecule has 0 aliphatic heterocycles. The number of urea groups is 1. The second-order valence-electron chi connectivity index (χ2n) is 4.77. The predicted octanol–water partition coefficient (Wildman–Crippen LogP) is 2.02. The van der Waals surface area contributed by atoms with Gasteiger partial charge in [0.15, 0.2) is 0 Å². The number of rotatable bonds is 5. The van der Waals surface area contributed by atoms with E-state index in [1.54, 1.807) is 7.05 Å². The van der Waals surface area contributed by atoms with Gasteiger partial charge in [0.05, 0.1) is 6.61 Å². The highest BCUT2D eigenvalue weighted by Gasteiger charge is 2.07. The third kappa shape index (κ3) is 3.48. The molecule has 4 nitrogen and oxygen atoms in total. The average molecular weight is 272 g/mol. The Morgan fingerprint density at radius 2 is 1.95 bits per heavy atom. The van der Waals surface area contributed by atoms with Gasteiger partial charge in [-0.2, -0.15) is 0 Å². The maximum Gasteiger partial charge on any atom is 0.317 e. The SMILES string of the molecule is CN(CCO)C(=O)NCCc1cccc2ccccc12. The van der Waals surface area contributed by atoms with E-state index in [1.165, 1.54) is 21.2 Å². The van der Waals surface area contributed by atoms with Gasteiger partial charge in [-0.1, -0.05) is 42.5 Å². The number of benzene rings is 2. The van der Waals surface area contributed by atoms with Crippen LogP contribution in [0.5, 0.6) is 0 Å². The van der Waals surface area contributed by atoms with Crippen LogP contribution in [0.1, 0.15) is 5.56 Å². The number of carbonyl (C=O) groups excluding carboxylic acids is 1. The highest BCUT2D eigenvalue weighted by atomic mass is 16.3. The van der Waals surface area contributed by atoms with Crippen LogP contribution in [-0.4, -0.2) is 42.8 Å². The molecule has 0 heterocycles. The standard InChI is InChI=1S/C16H20N2O2/c1-18(11-12-19)16(20)17-10-9-14-7-4-6-13-5-2-3-8-15(13)14/h2-8,19H,9-12H2,1H3,(H,17,20). The number of hydrogen-bond donors (Lipinski definition) is 2. The number of carbonyl (C=O) groups is 1. The van der Waals surface area contributed by atoms with E-state index in [0.29, 0.717) is 13.1 Å². The summed E-state index contributed by atoms with van der Waals surface area (Å²) in [7, 11) is 1.67. The largest absolute Gasteiger partial charge is 0.395 e. The maximum absolute atomic E-state index is 11.7. The lowest BCUT2D eigenvalue weighted by atomic mass is 10.0. The molecule has 0 saturated carbocycles. The molecule has 2 N–H and O–H groups in total. The molecule has 0 spiro atoms. The smallest absolute Gasteiger partial charge is 0.317 e. The quantitative estimate of drug-likeness (QED) is 0.875. The minimum absolute atomic E-state index is 0.0206. The van der Waals surface area contributed by atoms with Crippen molar-refractivity contribution in [1.29, 1.82) is 0 Å². The lowest BCUT2D eigenvalue weighted by Crippen LogP contribution is -2.39. The Bertz CT molecular complexity index is 578. The van der Waals surface area contributed by atoms with E-state index in [9.17, 15) is 4.79 Å². The first-order valence-corrected chi connectivity index (χ1v) is 6.79. The fourth-order valence-corrected chi connectivity index (χ4v) is 2.20. The minimum atomic E-state index is -0.153. The summed E-state index contributed by atoms with van der Waals surface area (Å²) in [6.07, 6.45) is 0.792. The fourth-order valence-electron chi connectivity index (χ4n) is 2.20. The monoisotopic (exact) mass is 272 g/mol. The van der Waals surface area contributed by atoms with Crippen LogP contribution in [0.25, 0.3) is 10.8 Å². The molecule has 0 unspecified atom stereocenters. The van der Waals surface area contributed by atoms with E-state index in [0.717, 1.165) is 6.42 Å². The number of aliphatic hydroxyl groups excluding tert-OH is 1. The third-order valence-corrected chi connectivity index (χ3v) is 3.33. The van der Waals surface area contributed by atoms with Crippen molar-refractivity contribution in [2.24, 2.45) is 0 Å². The van der Waals surface area contributed by atoms with Gasteiger partial charge in [-0.25, -0.2) is 4.79 Å². The van der Waals surface area contributed by atoms with Gasteiger partial charge in [0, 0.05) is 20.1 Å². The number of nitrogens with one attached hydrogen (secondary N) is 1. The first-order chi connectivity index (χ1) is 9.72. The van der Waals surface area contributed by atoms with Crippen molar-refractivity contribution in [1.82, 2.24) is 10.2 Å². The van der Waals surface area contributed by atoms with Crippen LogP contribution in [0.4, 0.5) is 4.79 Å². The van der Waals surface area contributed by atoms with E-state index < -0.39 is 0 Å². The highest BCUT2D eigenvalue weighted by molar-refractivity contribution is 5.85. The summed E-state index contributed by atoms with van der Waals surface area (Å²) >= 11 is 0. The molecule has 0 aromatic heterocycles. The van der Waals surface area contributed by atoms with Gasteiger partial charge < -0.3 is 15.3 Å². The molecule has 2 amide bonds. The van der Waals surface area contributed by atoms with E-state index >= 15 is 0 Å². The van der Waals surface area contributed by atoms with Crippen molar-refractivity contribution < 1.29 is 9.90 Å². The Labute approximate surface area is 119 Å². The number of fused-ring (bicyclic) bond motifs is 1. The zero-order valence-corrected chi connectivity index (χ0v) is 11.7. The molecule has 0 fully saturated rings. The van der Waals surface area contributed by atoms with E-state index in [-0.39, 0.29) is 12.6 Å². The summed E-state index contributed by atoms with van der Waals surface area (Å²) in [4.78, 5) is 13.2. The van der Waals surface area contributed by atoms with Crippen LogP contribution in [-0.2, 0) is 6.42 Å². The summed E-state index contributed by atoms with van der Waals surface area (Å²) in [5, 5.41) is 14.1. The Morgan fingerprint density at radius 3 is 2.75 bits per heavy atom. The molecular formula is C16H20N2O2. The van der Waals surface area contributed by atoms with Gasteiger partial charge >= 0.3 is 6.03 Å². The number of amides is 2. The molecule has 20 heavy (non-hydrogen) atoms. The number of aliphatic hydroxyl groups is 1. The van der Waals surface area contributed by atoms with E-state index in [4.69, 9.17) is 5.11 Å². The van der Waals surface area contributed by atoms with Crippen molar-refractivity contribution in [2.75, 3.05) is 26.7 Å². The average Bonchev–Trinajstić information content (AvgIpc) is 2.47. The zero-order chi connectivity index (χ0) is 14.4. The van der Waals surface area contributed by atoms with Gasteiger partial charge in [-0.05, 0) is 22.8 Å². The summed E-state index contributed by atoms with van der Waals surface area (Å²) in [5.41, 5.74) is 1.23. The molecule has 106 valence electrons. The number of hydrogen-bond acceptors (Lipinski definition) is 2. The Balaban J connectivity index is 1.95. The molecule has 0 aliphatic rings. The summed E-state index contributed by atoms with van der Waals surface area (Å²) in [5.74, 6) is 0. The second kappa shape index (κ2) is 6.91. The first-order valence-electron chi connectivity index (χ1n) is 6.79. The molecule has 0 aliphatic carbocycles. The van der Waals surface area contributed by atoms with E-state index in [1.807, 2.05) is 18.2 Å². The van der Waals surface area contributed by atoms with Crippen LogP contribution in [0.15, 0.2) is 42.5 Å². The van der Waals surface area contributed by atoms with Gasteiger partial charge in [0.2, 0.25) is 0 Å². The third-order valence-electron chi connectivity index (χ3n) is 3.33. The molecular weight excluding hydrogens is 252 g/mol. The molecule has 0 radical (unpaired) electrons. The van der Waals surface area contributed by atoms with Crippen LogP contribution < -0.4 is 5.32 Å². The van der Waals surface area contributed by atoms with Crippen molar-refractivity contribution in [3.05, 3.63) is 48.0 Å². The number of nitrogens with zero attached hydrogens (tertiary/aromatic N) is 1. The van der Waals surface area contributed by atoms with E-state index in [2.05, 4.69) is 29.6 Å². The Morgan fingerprint density at radius 1 is 1.20 bits per heavy atom. The topological polar surface area (TPSA) is 52.6 Å². The molecule has 2 aromatic carbocycles. The van der Waals surface area contributed by atoms with Crippen LogP contribution >= 0.6 is 0 Å². The lowest BCUT2D eigenvalue weighted by Gasteiger charge is -2.16. The molecule has 0 atom stereocenters. The molecule has 2 aromatic rings. The van der Waals surface area contributed by atoms with Crippen molar-refractivity contribution in [3.8, 4) is 0 Å². The van der Waals surface area contributed by atoms with Crippen LogP contribution in [0.2, 0.25) is 0 Å². The van der Waals surface area contributed by atoms with Gasteiger partial charge in [0.1, 0.15) is 0 Å². The Kier molecular flexibility index (Phi) is 4.96. The fraction of sp³-hybridized carbons (Fsp3) is 0.312. The van der Waals surface area contributed by atoms with Gasteiger partial charge in [0.25, 0.3) is 0 Å². The van der Waals surface area contributed by atoms with Crippen molar-refractivity contribution >= 4 is 16.8 Å². The highest BCUT2D eigenvalue weighted by Crippen LogP contribution is 2.18. The summed E-state index contributed by atoms with van der Waals surface area (Å²) < 4.78 is 0. The second-order valence-corrected chi connectivity index (χ2v) is 4.77. The molecule has 0 bridgehead atoms. The van der Waals surface area contributed by atoms with Gasteiger partial charge in [-0.3, -0.25) is 0 Å². The van der Waals surface area contributed by atoms with Crippen LogP contribution in [0, 0.1) is 0 Å². The summed E-state index contributed by atoms with van der Waals surface area (Å²) in [6.45, 7) is 0.913.